The van der Waals surface area contributed by atoms with Crippen LogP contribution in [0.1, 0.15) is 24.8 Å². The van der Waals surface area contributed by atoms with Crippen LogP contribution in [0.3, 0.4) is 0 Å². The highest BCUT2D eigenvalue weighted by molar-refractivity contribution is 9.10. The summed E-state index contributed by atoms with van der Waals surface area (Å²) < 4.78 is 11.6. The van der Waals surface area contributed by atoms with Crippen molar-refractivity contribution in [3.05, 3.63) is 22.2 Å². The number of methoxy groups -OCH3 is 2. The second-order valence-corrected chi connectivity index (χ2v) is 5.67. The maximum absolute atomic E-state index is 8.77. The van der Waals surface area contributed by atoms with E-state index < -0.39 is 0 Å². The van der Waals surface area contributed by atoms with Crippen molar-refractivity contribution in [3.63, 3.8) is 0 Å². The van der Waals surface area contributed by atoms with Gasteiger partial charge in [0.15, 0.2) is 0 Å². The van der Waals surface area contributed by atoms with E-state index in [2.05, 4.69) is 27.9 Å². The summed E-state index contributed by atoms with van der Waals surface area (Å²) in [6.45, 7) is 2.09. The number of nitrogens with zero attached hydrogens (tertiary/aromatic N) is 1. The van der Waals surface area contributed by atoms with Crippen LogP contribution in [-0.2, 0) is 6.54 Å². The number of ether oxygens (including phenoxy) is 2. The third-order valence-corrected chi connectivity index (χ3v) is 3.81. The molecule has 0 aromatic heterocycles. The summed E-state index contributed by atoms with van der Waals surface area (Å²) in [5.74, 6) is 1.68. The summed E-state index contributed by atoms with van der Waals surface area (Å²) >= 11 is 3.47. The van der Waals surface area contributed by atoms with Gasteiger partial charge in [-0.25, -0.2) is 0 Å². The Labute approximate surface area is 129 Å². The zero-order valence-electron chi connectivity index (χ0n) is 12.5. The minimum Gasteiger partial charge on any atom is -0.496 e. The largest absolute Gasteiger partial charge is 0.496 e. The number of benzene rings is 1. The van der Waals surface area contributed by atoms with Gasteiger partial charge in [0, 0.05) is 18.7 Å². The third-order valence-electron chi connectivity index (χ3n) is 3.19. The molecular weight excluding hydrogens is 322 g/mol. The highest BCUT2D eigenvalue weighted by Gasteiger charge is 2.11. The molecule has 1 rings (SSSR count). The van der Waals surface area contributed by atoms with Crippen LogP contribution in [0.25, 0.3) is 0 Å². The smallest absolute Gasteiger partial charge is 0.133 e. The molecule has 1 aromatic carbocycles. The fourth-order valence-electron chi connectivity index (χ4n) is 2.09. The molecule has 0 saturated carbocycles. The molecule has 4 nitrogen and oxygen atoms in total. The van der Waals surface area contributed by atoms with E-state index in [9.17, 15) is 0 Å². The summed E-state index contributed by atoms with van der Waals surface area (Å²) in [6.07, 6.45) is 3.03. The first kappa shape index (κ1) is 17.3. The molecule has 0 spiro atoms. The predicted octanol–water partition coefficient (Wildman–Crippen LogP) is 3.06. The molecule has 0 amide bonds. The molecule has 0 aliphatic carbocycles. The highest BCUT2D eigenvalue weighted by atomic mass is 79.9. The molecular formula is C15H24BrNO3. The lowest BCUT2D eigenvalue weighted by Crippen LogP contribution is -2.19. The summed E-state index contributed by atoms with van der Waals surface area (Å²) in [5, 5.41) is 8.77. The molecule has 0 atom stereocenters. The molecule has 0 aliphatic heterocycles. The van der Waals surface area contributed by atoms with Crippen LogP contribution in [0, 0.1) is 0 Å². The molecule has 0 saturated heterocycles. The van der Waals surface area contributed by atoms with Crippen molar-refractivity contribution >= 4 is 15.9 Å². The molecule has 0 heterocycles. The quantitative estimate of drug-likeness (QED) is 0.698. The first-order chi connectivity index (χ1) is 9.62. The van der Waals surface area contributed by atoms with E-state index in [0.29, 0.717) is 0 Å². The number of aliphatic hydroxyl groups is 1. The molecule has 0 radical (unpaired) electrons. The molecule has 114 valence electrons. The van der Waals surface area contributed by atoms with Gasteiger partial charge in [-0.1, -0.05) is 0 Å². The minimum atomic E-state index is 0.279. The maximum atomic E-state index is 8.77. The van der Waals surface area contributed by atoms with Gasteiger partial charge in [-0.2, -0.15) is 0 Å². The van der Waals surface area contributed by atoms with E-state index in [1.54, 1.807) is 14.2 Å². The van der Waals surface area contributed by atoms with E-state index in [4.69, 9.17) is 14.6 Å². The van der Waals surface area contributed by atoms with E-state index in [-0.39, 0.29) is 6.61 Å². The van der Waals surface area contributed by atoms with Gasteiger partial charge in [-0.15, -0.1) is 0 Å². The first-order valence-electron chi connectivity index (χ1n) is 6.82. The number of aliphatic hydroxyl groups excluding tert-OH is 1. The maximum Gasteiger partial charge on any atom is 0.133 e. The molecule has 0 aliphatic rings. The Hall–Kier alpha value is -0.780. The molecule has 1 aromatic rings. The van der Waals surface area contributed by atoms with Crippen molar-refractivity contribution in [2.45, 2.75) is 25.8 Å². The second-order valence-electron chi connectivity index (χ2n) is 4.82. The van der Waals surface area contributed by atoms with Gasteiger partial charge in [-0.3, -0.25) is 0 Å². The standard InChI is InChI=1S/C15H24BrNO3/c1-17(7-5-4-6-8-18)11-12-9-15(20-3)13(16)10-14(12)19-2/h9-10,18H,4-8,11H2,1-3H3. The van der Waals surface area contributed by atoms with Crippen molar-refractivity contribution in [2.75, 3.05) is 34.4 Å². The Balaban J connectivity index is 2.65. The molecule has 5 heteroatoms. The van der Waals surface area contributed by atoms with E-state index >= 15 is 0 Å². The Morgan fingerprint density at radius 2 is 1.80 bits per heavy atom. The van der Waals surface area contributed by atoms with Crippen LogP contribution >= 0.6 is 15.9 Å². The Morgan fingerprint density at radius 3 is 2.40 bits per heavy atom. The van der Waals surface area contributed by atoms with Gasteiger partial charge in [0.2, 0.25) is 0 Å². The average molecular weight is 346 g/mol. The lowest BCUT2D eigenvalue weighted by molar-refractivity contribution is 0.270. The number of hydrogen-bond acceptors (Lipinski definition) is 4. The normalized spacial score (nSPS) is 10.9. The van der Waals surface area contributed by atoms with Crippen molar-refractivity contribution in [3.8, 4) is 11.5 Å². The SMILES string of the molecule is COc1cc(CN(C)CCCCCO)c(OC)cc1Br. The zero-order valence-corrected chi connectivity index (χ0v) is 14.1. The van der Waals surface area contributed by atoms with Crippen LogP contribution in [0.4, 0.5) is 0 Å². The number of unbranched alkanes of at least 4 members (excludes halogenated alkanes) is 2. The van der Waals surface area contributed by atoms with Gasteiger partial charge in [-0.05, 0) is 60.9 Å². The highest BCUT2D eigenvalue weighted by Crippen LogP contribution is 2.33. The van der Waals surface area contributed by atoms with Gasteiger partial charge >= 0.3 is 0 Å². The Morgan fingerprint density at radius 1 is 1.10 bits per heavy atom. The Bertz CT molecular complexity index is 412. The van der Waals surface area contributed by atoms with Crippen LogP contribution in [0.5, 0.6) is 11.5 Å². The summed E-state index contributed by atoms with van der Waals surface area (Å²) in [7, 11) is 5.43. The molecule has 1 N–H and O–H groups in total. The molecule has 0 unspecified atom stereocenters. The average Bonchev–Trinajstić information content (AvgIpc) is 2.45. The van der Waals surface area contributed by atoms with Crippen LogP contribution in [0.15, 0.2) is 16.6 Å². The number of hydrogen-bond donors (Lipinski definition) is 1. The molecule has 0 bridgehead atoms. The van der Waals surface area contributed by atoms with Crippen molar-refractivity contribution in [1.29, 1.82) is 0 Å². The van der Waals surface area contributed by atoms with Gasteiger partial charge in [0.25, 0.3) is 0 Å². The van der Waals surface area contributed by atoms with E-state index in [1.165, 1.54) is 0 Å². The second kappa shape index (κ2) is 9.21. The van der Waals surface area contributed by atoms with Gasteiger partial charge < -0.3 is 19.5 Å². The summed E-state index contributed by atoms with van der Waals surface area (Å²) in [5.41, 5.74) is 1.11. The fraction of sp³-hybridized carbons (Fsp3) is 0.600. The van der Waals surface area contributed by atoms with Crippen molar-refractivity contribution < 1.29 is 14.6 Å². The van der Waals surface area contributed by atoms with Crippen molar-refractivity contribution in [2.24, 2.45) is 0 Å². The lowest BCUT2D eigenvalue weighted by Gasteiger charge is -2.19. The predicted molar refractivity (Wildman–Crippen MR) is 84.5 cm³/mol. The van der Waals surface area contributed by atoms with E-state index in [1.807, 2.05) is 12.1 Å². The van der Waals surface area contributed by atoms with Crippen LogP contribution in [0.2, 0.25) is 0 Å². The number of halogens is 1. The molecule has 0 fully saturated rings. The fourth-order valence-corrected chi connectivity index (χ4v) is 2.57. The molecule has 20 heavy (non-hydrogen) atoms. The summed E-state index contributed by atoms with van der Waals surface area (Å²) in [6, 6.07) is 3.95. The van der Waals surface area contributed by atoms with Gasteiger partial charge in [0.05, 0.1) is 18.7 Å². The van der Waals surface area contributed by atoms with Crippen LogP contribution in [-0.4, -0.2) is 44.4 Å². The van der Waals surface area contributed by atoms with Gasteiger partial charge in [0.1, 0.15) is 11.5 Å². The van der Waals surface area contributed by atoms with Crippen molar-refractivity contribution in [1.82, 2.24) is 4.90 Å². The third kappa shape index (κ3) is 5.31. The lowest BCUT2D eigenvalue weighted by atomic mass is 10.1. The van der Waals surface area contributed by atoms with E-state index in [0.717, 1.165) is 53.9 Å². The number of rotatable bonds is 9. The van der Waals surface area contributed by atoms with Crippen LogP contribution < -0.4 is 9.47 Å². The topological polar surface area (TPSA) is 41.9 Å². The summed E-state index contributed by atoms with van der Waals surface area (Å²) in [4.78, 5) is 2.25. The Kier molecular flexibility index (Phi) is 7.95. The minimum absolute atomic E-state index is 0.279. The monoisotopic (exact) mass is 345 g/mol. The first-order valence-corrected chi connectivity index (χ1v) is 7.61. The zero-order chi connectivity index (χ0) is 15.0.